The van der Waals surface area contributed by atoms with Crippen LogP contribution in [-0.4, -0.2) is 12.1 Å². The Morgan fingerprint density at radius 3 is 2.24 bits per heavy atom. The van der Waals surface area contributed by atoms with Crippen LogP contribution in [0.1, 0.15) is 51.6 Å². The molecule has 1 aromatic carbocycles. The van der Waals surface area contributed by atoms with Gasteiger partial charge in [0.05, 0.1) is 6.10 Å². The Morgan fingerprint density at radius 1 is 1.12 bits per heavy atom. The van der Waals surface area contributed by atoms with Crippen molar-refractivity contribution >= 4 is 0 Å². The SMILES string of the molecule is CC(C)Oc1ccc(C(C)NC2CCC2)cc1. The van der Waals surface area contributed by atoms with Crippen LogP contribution in [-0.2, 0) is 0 Å². The summed E-state index contributed by atoms with van der Waals surface area (Å²) in [6.07, 6.45) is 4.29. The zero-order valence-electron chi connectivity index (χ0n) is 11.1. The van der Waals surface area contributed by atoms with Crippen LogP contribution >= 0.6 is 0 Å². The van der Waals surface area contributed by atoms with Crippen molar-refractivity contribution in [2.24, 2.45) is 0 Å². The Hall–Kier alpha value is -1.02. The maximum absolute atomic E-state index is 5.64. The predicted octanol–water partition coefficient (Wildman–Crippen LogP) is 3.68. The molecule has 94 valence electrons. The summed E-state index contributed by atoms with van der Waals surface area (Å²) < 4.78 is 5.64. The van der Waals surface area contributed by atoms with E-state index in [1.807, 2.05) is 0 Å². The molecule has 1 atom stereocenters. The lowest BCUT2D eigenvalue weighted by Crippen LogP contribution is -2.36. The molecule has 1 aliphatic carbocycles. The molecule has 0 spiro atoms. The lowest BCUT2D eigenvalue weighted by Gasteiger charge is -2.30. The molecule has 1 saturated carbocycles. The van der Waals surface area contributed by atoms with Gasteiger partial charge >= 0.3 is 0 Å². The molecule has 0 aromatic heterocycles. The zero-order valence-corrected chi connectivity index (χ0v) is 11.1. The number of nitrogens with one attached hydrogen (secondary N) is 1. The van der Waals surface area contributed by atoms with Gasteiger partial charge in [0.2, 0.25) is 0 Å². The van der Waals surface area contributed by atoms with Crippen molar-refractivity contribution in [3.05, 3.63) is 29.8 Å². The molecular weight excluding hydrogens is 210 g/mol. The summed E-state index contributed by atoms with van der Waals surface area (Å²) in [5, 5.41) is 3.65. The van der Waals surface area contributed by atoms with Gasteiger partial charge in [0.25, 0.3) is 0 Å². The molecule has 0 saturated heterocycles. The van der Waals surface area contributed by atoms with Crippen LogP contribution in [0.4, 0.5) is 0 Å². The first-order chi connectivity index (χ1) is 8.15. The highest BCUT2D eigenvalue weighted by molar-refractivity contribution is 5.29. The van der Waals surface area contributed by atoms with Crippen LogP contribution in [0.5, 0.6) is 5.75 Å². The van der Waals surface area contributed by atoms with Crippen LogP contribution in [0.3, 0.4) is 0 Å². The highest BCUT2D eigenvalue weighted by Gasteiger charge is 2.19. The minimum atomic E-state index is 0.242. The van der Waals surface area contributed by atoms with Gasteiger partial charge < -0.3 is 10.1 Å². The minimum Gasteiger partial charge on any atom is -0.491 e. The van der Waals surface area contributed by atoms with Gasteiger partial charge in [0.1, 0.15) is 5.75 Å². The van der Waals surface area contributed by atoms with E-state index in [4.69, 9.17) is 4.74 Å². The number of benzene rings is 1. The fourth-order valence-electron chi connectivity index (χ4n) is 2.13. The summed E-state index contributed by atoms with van der Waals surface area (Å²) in [5.74, 6) is 0.958. The van der Waals surface area contributed by atoms with Gasteiger partial charge in [-0.1, -0.05) is 18.6 Å². The lowest BCUT2D eigenvalue weighted by molar-refractivity contribution is 0.242. The summed E-state index contributed by atoms with van der Waals surface area (Å²) >= 11 is 0. The van der Waals surface area contributed by atoms with Crippen molar-refractivity contribution in [1.82, 2.24) is 5.32 Å². The zero-order chi connectivity index (χ0) is 12.3. The average Bonchev–Trinajstić information content (AvgIpc) is 2.23. The Morgan fingerprint density at radius 2 is 1.76 bits per heavy atom. The van der Waals surface area contributed by atoms with E-state index in [-0.39, 0.29) is 6.10 Å². The molecule has 0 heterocycles. The van der Waals surface area contributed by atoms with E-state index >= 15 is 0 Å². The van der Waals surface area contributed by atoms with E-state index in [0.29, 0.717) is 6.04 Å². The normalized spacial score (nSPS) is 17.9. The van der Waals surface area contributed by atoms with E-state index in [1.54, 1.807) is 0 Å². The second-order valence-corrected chi connectivity index (χ2v) is 5.25. The molecule has 17 heavy (non-hydrogen) atoms. The van der Waals surface area contributed by atoms with E-state index in [9.17, 15) is 0 Å². The summed E-state index contributed by atoms with van der Waals surface area (Å²) in [4.78, 5) is 0. The molecular formula is C15H23NO. The van der Waals surface area contributed by atoms with Crippen LogP contribution < -0.4 is 10.1 Å². The van der Waals surface area contributed by atoms with Gasteiger partial charge in [0, 0.05) is 12.1 Å². The maximum atomic E-state index is 5.64. The molecule has 0 aliphatic heterocycles. The first-order valence-corrected chi connectivity index (χ1v) is 6.68. The molecule has 1 N–H and O–H groups in total. The van der Waals surface area contributed by atoms with Gasteiger partial charge in [-0.2, -0.15) is 0 Å². The summed E-state index contributed by atoms with van der Waals surface area (Å²) in [7, 11) is 0. The van der Waals surface area contributed by atoms with E-state index in [2.05, 4.69) is 50.4 Å². The first-order valence-electron chi connectivity index (χ1n) is 6.68. The van der Waals surface area contributed by atoms with Gasteiger partial charge in [-0.05, 0) is 51.3 Å². The highest BCUT2D eigenvalue weighted by Crippen LogP contribution is 2.24. The van der Waals surface area contributed by atoms with Crippen molar-refractivity contribution in [1.29, 1.82) is 0 Å². The molecule has 1 unspecified atom stereocenters. The van der Waals surface area contributed by atoms with Crippen molar-refractivity contribution in [2.75, 3.05) is 0 Å². The third-order valence-electron chi connectivity index (χ3n) is 3.34. The summed E-state index contributed by atoms with van der Waals surface area (Å²) in [5.41, 5.74) is 1.34. The third-order valence-corrected chi connectivity index (χ3v) is 3.34. The average molecular weight is 233 g/mol. The standard InChI is InChI=1S/C15H23NO/c1-11(2)17-15-9-7-13(8-10-15)12(3)16-14-5-4-6-14/h7-12,14,16H,4-6H2,1-3H3. The third kappa shape index (κ3) is 3.47. The second-order valence-electron chi connectivity index (χ2n) is 5.25. The van der Waals surface area contributed by atoms with Crippen LogP contribution in [0.2, 0.25) is 0 Å². The second kappa shape index (κ2) is 5.54. The Labute approximate surface area is 104 Å². The summed E-state index contributed by atoms with van der Waals surface area (Å²) in [6, 6.07) is 9.62. The van der Waals surface area contributed by atoms with Gasteiger partial charge in [-0.25, -0.2) is 0 Å². The Kier molecular flexibility index (Phi) is 4.06. The quantitative estimate of drug-likeness (QED) is 0.837. The molecule has 1 aliphatic rings. The Bertz CT molecular complexity index is 340. The fourth-order valence-corrected chi connectivity index (χ4v) is 2.13. The lowest BCUT2D eigenvalue weighted by atomic mass is 9.92. The van der Waals surface area contributed by atoms with E-state index in [1.165, 1.54) is 24.8 Å². The van der Waals surface area contributed by atoms with Gasteiger partial charge in [-0.15, -0.1) is 0 Å². The van der Waals surface area contributed by atoms with Crippen LogP contribution in [0.15, 0.2) is 24.3 Å². The van der Waals surface area contributed by atoms with Gasteiger partial charge in [-0.3, -0.25) is 0 Å². The molecule has 2 rings (SSSR count). The van der Waals surface area contributed by atoms with Crippen LogP contribution in [0.25, 0.3) is 0 Å². The molecule has 0 bridgehead atoms. The number of rotatable bonds is 5. The molecule has 2 heteroatoms. The van der Waals surface area contributed by atoms with E-state index in [0.717, 1.165) is 11.8 Å². The van der Waals surface area contributed by atoms with E-state index < -0.39 is 0 Å². The number of hydrogen-bond donors (Lipinski definition) is 1. The molecule has 1 aromatic rings. The number of hydrogen-bond acceptors (Lipinski definition) is 2. The molecule has 1 fully saturated rings. The smallest absolute Gasteiger partial charge is 0.119 e. The van der Waals surface area contributed by atoms with Crippen LogP contribution in [0, 0.1) is 0 Å². The van der Waals surface area contributed by atoms with Crippen molar-refractivity contribution in [3.8, 4) is 5.75 Å². The largest absolute Gasteiger partial charge is 0.491 e. The van der Waals surface area contributed by atoms with Gasteiger partial charge in [0.15, 0.2) is 0 Å². The molecule has 0 radical (unpaired) electrons. The molecule has 0 amide bonds. The summed E-state index contributed by atoms with van der Waals surface area (Å²) in [6.45, 7) is 6.33. The predicted molar refractivity (Wildman–Crippen MR) is 71.4 cm³/mol. The minimum absolute atomic E-state index is 0.242. The topological polar surface area (TPSA) is 21.3 Å². The number of ether oxygens (including phenoxy) is 1. The Balaban J connectivity index is 1.91. The first kappa shape index (κ1) is 12.4. The van der Waals surface area contributed by atoms with Crippen molar-refractivity contribution in [3.63, 3.8) is 0 Å². The fraction of sp³-hybridized carbons (Fsp3) is 0.600. The van der Waals surface area contributed by atoms with Crippen molar-refractivity contribution < 1.29 is 4.74 Å². The maximum Gasteiger partial charge on any atom is 0.119 e. The van der Waals surface area contributed by atoms with Crippen molar-refractivity contribution in [2.45, 2.75) is 58.2 Å². The highest BCUT2D eigenvalue weighted by atomic mass is 16.5. The molecule has 2 nitrogen and oxygen atoms in total. The monoisotopic (exact) mass is 233 g/mol.